The molecule has 2 aliphatic rings. The Hall–Kier alpha value is -2.31. The number of alkyl halides is 1. The summed E-state index contributed by atoms with van der Waals surface area (Å²) in [7, 11) is 0. The molecule has 4 rings (SSSR count). The Bertz CT molecular complexity index is 1160. The highest BCUT2D eigenvalue weighted by molar-refractivity contribution is 5.52. The van der Waals surface area contributed by atoms with Crippen molar-refractivity contribution < 1.29 is 13.2 Å². The first kappa shape index (κ1) is 35.2. The summed E-state index contributed by atoms with van der Waals surface area (Å²) in [5.74, 6) is -0.455. The second kappa shape index (κ2) is 15.6. The normalized spacial score (nSPS) is 20.3. The first-order valence-corrected chi connectivity index (χ1v) is 16.1. The zero-order valence-electron chi connectivity index (χ0n) is 26.6. The van der Waals surface area contributed by atoms with Crippen LogP contribution in [0.5, 0.6) is 0 Å². The SMILES string of the molecule is C.C=CCN(CCCC)CC1CCCN(c2cc(F)c(C3c4ccc(C)cc4C[C@@H](C)N3CC(C)(C)F)c(F)c2)CCC1. The Morgan fingerprint density at radius 3 is 2.30 bits per heavy atom. The van der Waals surface area contributed by atoms with Crippen molar-refractivity contribution in [2.75, 3.05) is 44.2 Å². The van der Waals surface area contributed by atoms with Gasteiger partial charge in [0.05, 0.1) is 6.04 Å². The second-order valence-corrected chi connectivity index (χ2v) is 13.4. The molecule has 2 heterocycles. The first-order valence-electron chi connectivity index (χ1n) is 16.1. The van der Waals surface area contributed by atoms with Gasteiger partial charge in [-0.1, -0.05) is 50.6 Å². The lowest BCUT2D eigenvalue weighted by Gasteiger charge is -2.44. The number of nitrogens with zero attached hydrogens (tertiary/aromatic N) is 3. The molecule has 2 aromatic rings. The third kappa shape index (κ3) is 9.11. The van der Waals surface area contributed by atoms with E-state index in [4.69, 9.17) is 0 Å². The molecule has 2 aliphatic heterocycles. The standard InChI is InChI=1S/C36H52F3N3.CH4/c1-7-9-17-40(16-8-2)24-28-12-10-18-41(19-11-13-28)30-22-32(37)34(33(38)23-30)35-31-15-14-26(3)20-29(31)21-27(4)42(35)25-36(5,6)39;/h8,14-15,20,22-23,27-28,35H,2,7,9-13,16-19,21,24-25H2,1,3-6H3;1H4/t27-,35?;/m1./s1. The summed E-state index contributed by atoms with van der Waals surface area (Å²) in [4.78, 5) is 6.61. The summed E-state index contributed by atoms with van der Waals surface area (Å²) in [5.41, 5.74) is 2.21. The van der Waals surface area contributed by atoms with Crippen LogP contribution in [0.4, 0.5) is 18.9 Å². The molecule has 0 radical (unpaired) electrons. The molecule has 3 nitrogen and oxygen atoms in total. The van der Waals surface area contributed by atoms with Gasteiger partial charge in [0, 0.05) is 50.0 Å². The number of anilines is 1. The summed E-state index contributed by atoms with van der Waals surface area (Å²) < 4.78 is 47.2. The van der Waals surface area contributed by atoms with Gasteiger partial charge >= 0.3 is 0 Å². The van der Waals surface area contributed by atoms with Crippen LogP contribution in [-0.4, -0.2) is 60.8 Å². The smallest absolute Gasteiger partial charge is 0.133 e. The summed E-state index contributed by atoms with van der Waals surface area (Å²) in [6, 6.07) is 8.37. The van der Waals surface area contributed by atoms with Crippen LogP contribution in [0.15, 0.2) is 43.0 Å². The summed E-state index contributed by atoms with van der Waals surface area (Å²) in [6.07, 6.45) is 9.34. The third-order valence-corrected chi connectivity index (χ3v) is 9.08. The van der Waals surface area contributed by atoms with Crippen LogP contribution >= 0.6 is 0 Å². The fraction of sp³-hybridized carbons (Fsp3) is 0.622. The van der Waals surface area contributed by atoms with Crippen molar-refractivity contribution in [2.24, 2.45) is 5.92 Å². The van der Waals surface area contributed by atoms with Crippen molar-refractivity contribution in [3.05, 3.63) is 76.9 Å². The van der Waals surface area contributed by atoms with E-state index in [0.29, 0.717) is 11.6 Å². The van der Waals surface area contributed by atoms with Crippen LogP contribution in [0.2, 0.25) is 0 Å². The monoisotopic (exact) mass is 599 g/mol. The molecule has 0 N–H and O–H groups in total. The molecule has 1 unspecified atom stereocenters. The number of aryl methyl sites for hydroxylation is 1. The highest BCUT2D eigenvalue weighted by Gasteiger charge is 2.39. The molecule has 0 saturated carbocycles. The van der Waals surface area contributed by atoms with Crippen LogP contribution in [0.1, 0.15) is 102 Å². The minimum atomic E-state index is -1.50. The number of benzene rings is 2. The highest BCUT2D eigenvalue weighted by Crippen LogP contribution is 2.42. The summed E-state index contributed by atoms with van der Waals surface area (Å²) >= 11 is 0. The van der Waals surface area contributed by atoms with E-state index < -0.39 is 23.3 Å². The number of rotatable bonds is 11. The quantitative estimate of drug-likeness (QED) is 0.238. The maximum atomic E-state index is 16.1. The minimum Gasteiger partial charge on any atom is -0.371 e. The molecule has 2 aromatic carbocycles. The zero-order valence-corrected chi connectivity index (χ0v) is 26.6. The maximum Gasteiger partial charge on any atom is 0.133 e. The van der Waals surface area contributed by atoms with E-state index >= 15 is 13.2 Å². The molecular weight excluding hydrogens is 543 g/mol. The number of fused-ring (bicyclic) bond motifs is 1. The van der Waals surface area contributed by atoms with Gasteiger partial charge in [-0.05, 0) is 102 Å². The molecule has 1 fully saturated rings. The van der Waals surface area contributed by atoms with E-state index in [-0.39, 0.29) is 25.6 Å². The van der Waals surface area contributed by atoms with Crippen molar-refractivity contribution in [1.82, 2.24) is 9.80 Å². The van der Waals surface area contributed by atoms with E-state index in [1.807, 2.05) is 37.0 Å². The Balaban J connectivity index is 0.00000506. The maximum absolute atomic E-state index is 16.1. The molecule has 2 atom stereocenters. The van der Waals surface area contributed by atoms with E-state index in [2.05, 4.69) is 29.4 Å². The van der Waals surface area contributed by atoms with Crippen molar-refractivity contribution in [1.29, 1.82) is 0 Å². The molecule has 43 heavy (non-hydrogen) atoms. The van der Waals surface area contributed by atoms with Gasteiger partial charge in [0.2, 0.25) is 0 Å². The predicted octanol–water partition coefficient (Wildman–Crippen LogP) is 9.28. The Kier molecular flexibility index (Phi) is 12.8. The fourth-order valence-electron chi connectivity index (χ4n) is 7.09. The largest absolute Gasteiger partial charge is 0.371 e. The lowest BCUT2D eigenvalue weighted by molar-refractivity contribution is 0.0652. The molecule has 0 bridgehead atoms. The molecule has 240 valence electrons. The van der Waals surface area contributed by atoms with E-state index in [0.717, 1.165) is 81.5 Å². The van der Waals surface area contributed by atoms with Crippen LogP contribution in [0, 0.1) is 24.5 Å². The molecule has 6 heteroatoms. The molecule has 1 saturated heterocycles. The Morgan fingerprint density at radius 2 is 1.72 bits per heavy atom. The van der Waals surface area contributed by atoms with Gasteiger partial charge < -0.3 is 4.90 Å². The lowest BCUT2D eigenvalue weighted by Crippen LogP contribution is -2.48. The average Bonchev–Trinajstić information content (AvgIpc) is 2.89. The summed E-state index contributed by atoms with van der Waals surface area (Å²) in [5, 5.41) is 0. The molecule has 0 amide bonds. The second-order valence-electron chi connectivity index (χ2n) is 13.4. The average molecular weight is 600 g/mol. The van der Waals surface area contributed by atoms with Gasteiger partial charge in [-0.3, -0.25) is 9.80 Å². The Morgan fingerprint density at radius 1 is 1.07 bits per heavy atom. The van der Waals surface area contributed by atoms with Gasteiger partial charge in [-0.2, -0.15) is 0 Å². The van der Waals surface area contributed by atoms with Crippen LogP contribution < -0.4 is 4.90 Å². The zero-order chi connectivity index (χ0) is 30.4. The van der Waals surface area contributed by atoms with Gasteiger partial charge in [0.1, 0.15) is 17.3 Å². The molecular formula is C37H56F3N3. The number of hydrogen-bond donors (Lipinski definition) is 0. The van der Waals surface area contributed by atoms with Gasteiger partial charge in [-0.15, -0.1) is 6.58 Å². The van der Waals surface area contributed by atoms with Crippen LogP contribution in [0.25, 0.3) is 0 Å². The van der Waals surface area contributed by atoms with Crippen molar-refractivity contribution in [3.63, 3.8) is 0 Å². The molecule has 0 spiro atoms. The van der Waals surface area contributed by atoms with Gasteiger partial charge in [-0.25, -0.2) is 13.2 Å². The van der Waals surface area contributed by atoms with Crippen LogP contribution in [-0.2, 0) is 6.42 Å². The highest BCUT2D eigenvalue weighted by atomic mass is 19.1. The van der Waals surface area contributed by atoms with Crippen molar-refractivity contribution in [2.45, 2.75) is 105 Å². The van der Waals surface area contributed by atoms with Gasteiger partial charge in [0.15, 0.2) is 0 Å². The van der Waals surface area contributed by atoms with Crippen molar-refractivity contribution >= 4 is 5.69 Å². The lowest BCUT2D eigenvalue weighted by atomic mass is 9.83. The topological polar surface area (TPSA) is 9.72 Å². The Labute approximate surface area is 260 Å². The number of halogens is 3. The van der Waals surface area contributed by atoms with E-state index in [1.54, 1.807) is 0 Å². The van der Waals surface area contributed by atoms with E-state index in [1.165, 1.54) is 38.8 Å². The van der Waals surface area contributed by atoms with Crippen LogP contribution in [0.3, 0.4) is 0 Å². The van der Waals surface area contributed by atoms with E-state index in [9.17, 15) is 0 Å². The molecule has 0 aromatic heterocycles. The number of hydrogen-bond acceptors (Lipinski definition) is 3. The predicted molar refractivity (Wildman–Crippen MR) is 177 cm³/mol. The van der Waals surface area contributed by atoms with Crippen molar-refractivity contribution in [3.8, 4) is 0 Å². The summed E-state index contributed by atoms with van der Waals surface area (Å²) in [6.45, 7) is 18.1. The first-order chi connectivity index (χ1) is 20.0. The number of unbranched alkanes of at least 4 members (excludes halogenated alkanes) is 1. The molecule has 0 aliphatic carbocycles. The minimum absolute atomic E-state index is 0. The van der Waals surface area contributed by atoms with Gasteiger partial charge in [0.25, 0.3) is 0 Å². The third-order valence-electron chi connectivity index (χ3n) is 9.08. The fourth-order valence-corrected chi connectivity index (χ4v) is 7.09.